The molecule has 1 amide bonds. The quantitative estimate of drug-likeness (QED) is 0.510. The number of nitrogens with one attached hydrogen (secondary N) is 3. The summed E-state index contributed by atoms with van der Waals surface area (Å²) in [7, 11) is 0. The van der Waals surface area contributed by atoms with E-state index >= 15 is 0 Å². The van der Waals surface area contributed by atoms with Crippen LogP contribution in [-0.4, -0.2) is 40.8 Å². The molecule has 6 heteroatoms. The number of H-pyrrole nitrogens is 1. The third-order valence-electron chi connectivity index (χ3n) is 2.05. The minimum absolute atomic E-state index is 0.150. The van der Waals surface area contributed by atoms with Gasteiger partial charge >= 0.3 is 0 Å². The lowest BCUT2D eigenvalue weighted by Gasteiger charge is -2.22. The van der Waals surface area contributed by atoms with E-state index in [1.165, 1.54) is 12.5 Å². The maximum atomic E-state index is 11.7. The van der Waals surface area contributed by atoms with Crippen LogP contribution in [0.5, 0.6) is 0 Å². The number of nitrogens with zero attached hydrogens (tertiary/aromatic N) is 1. The zero-order chi connectivity index (χ0) is 9.97. The molecule has 2 rings (SSSR count). The summed E-state index contributed by atoms with van der Waals surface area (Å²) in [5.41, 5.74) is 0.416. The molecular weight excluding hydrogens is 184 g/mol. The normalized spacial score (nSPS) is 21.7. The van der Waals surface area contributed by atoms with Gasteiger partial charge < -0.3 is 15.6 Å². The molecule has 1 saturated heterocycles. The molecule has 1 aromatic heterocycles. The lowest BCUT2D eigenvalue weighted by atomic mass is 10.1. The first-order valence-electron chi connectivity index (χ1n) is 4.30. The van der Waals surface area contributed by atoms with Gasteiger partial charge in [-0.15, -0.1) is 0 Å². The summed E-state index contributed by atoms with van der Waals surface area (Å²) in [4.78, 5) is 29.1. The summed E-state index contributed by atoms with van der Waals surface area (Å²) in [5.74, 6) is -0.308. The van der Waals surface area contributed by atoms with Crippen LogP contribution in [0.3, 0.4) is 0 Å². The van der Waals surface area contributed by atoms with Crippen molar-refractivity contribution >= 4 is 11.7 Å². The summed E-state index contributed by atoms with van der Waals surface area (Å²) >= 11 is 0. The van der Waals surface area contributed by atoms with Gasteiger partial charge in [0, 0.05) is 6.54 Å². The Morgan fingerprint density at radius 3 is 3.07 bits per heavy atom. The Hall–Kier alpha value is -1.69. The highest BCUT2D eigenvalue weighted by Gasteiger charge is 2.25. The molecule has 1 atom stereocenters. The highest BCUT2D eigenvalue weighted by atomic mass is 16.2. The lowest BCUT2D eigenvalue weighted by Crippen LogP contribution is -2.55. The van der Waals surface area contributed by atoms with Crippen molar-refractivity contribution in [2.45, 2.75) is 6.04 Å². The first kappa shape index (κ1) is 8.89. The molecule has 1 unspecified atom stereocenters. The number of Topliss-reactive ketones (excluding diaryl/α,β-unsaturated/α-hetero) is 1. The fraction of sp³-hybridized carbons (Fsp3) is 0.375. The monoisotopic (exact) mass is 194 g/mol. The fourth-order valence-corrected chi connectivity index (χ4v) is 1.36. The molecule has 0 spiro atoms. The molecule has 1 aliphatic rings. The van der Waals surface area contributed by atoms with Gasteiger partial charge in [0.1, 0.15) is 11.7 Å². The second-order valence-electron chi connectivity index (χ2n) is 3.08. The van der Waals surface area contributed by atoms with E-state index in [0.717, 1.165) is 0 Å². The van der Waals surface area contributed by atoms with Crippen molar-refractivity contribution < 1.29 is 9.59 Å². The van der Waals surface area contributed by atoms with Gasteiger partial charge in [-0.3, -0.25) is 9.59 Å². The first-order valence-corrected chi connectivity index (χ1v) is 4.30. The number of hydrogen-bond donors (Lipinski definition) is 3. The number of ketones is 1. The Morgan fingerprint density at radius 1 is 1.57 bits per heavy atom. The number of rotatable bonds is 2. The number of aromatic amines is 1. The molecule has 1 aliphatic heterocycles. The number of carbonyl (C=O) groups is 2. The van der Waals surface area contributed by atoms with Gasteiger partial charge in [-0.1, -0.05) is 0 Å². The largest absolute Gasteiger partial charge is 0.343 e. The average Bonchev–Trinajstić information content (AvgIpc) is 2.69. The number of piperazine rings is 1. The Bertz CT molecular complexity index is 346. The standard InChI is InChI=1S/C8H10N4O2/c13-7-3-9-2-6(12-7)8(14)5-1-10-4-11-5/h1,4,6,9H,2-3H2,(H,10,11)(H,12,13). The zero-order valence-electron chi connectivity index (χ0n) is 7.41. The van der Waals surface area contributed by atoms with Crippen molar-refractivity contribution in [1.82, 2.24) is 20.6 Å². The maximum Gasteiger partial charge on any atom is 0.234 e. The van der Waals surface area contributed by atoms with Crippen LogP contribution in [-0.2, 0) is 4.79 Å². The highest BCUT2D eigenvalue weighted by molar-refractivity contribution is 6.01. The van der Waals surface area contributed by atoms with Crippen molar-refractivity contribution in [2.24, 2.45) is 0 Å². The van der Waals surface area contributed by atoms with Crippen LogP contribution in [0.4, 0.5) is 0 Å². The summed E-state index contributed by atoms with van der Waals surface area (Å²) in [5, 5.41) is 5.47. The van der Waals surface area contributed by atoms with Gasteiger partial charge in [0.25, 0.3) is 0 Å². The fourth-order valence-electron chi connectivity index (χ4n) is 1.36. The molecule has 14 heavy (non-hydrogen) atoms. The number of amides is 1. The van der Waals surface area contributed by atoms with Crippen molar-refractivity contribution in [2.75, 3.05) is 13.1 Å². The predicted molar refractivity (Wildman–Crippen MR) is 47.7 cm³/mol. The summed E-state index contributed by atoms with van der Waals surface area (Å²) in [6, 6.07) is -0.489. The van der Waals surface area contributed by atoms with Gasteiger partial charge in [-0.25, -0.2) is 4.98 Å². The minimum atomic E-state index is -0.489. The van der Waals surface area contributed by atoms with Crippen molar-refractivity contribution in [1.29, 1.82) is 0 Å². The molecule has 1 fully saturated rings. The number of imidazole rings is 1. The second kappa shape index (κ2) is 3.59. The van der Waals surface area contributed by atoms with E-state index in [9.17, 15) is 9.59 Å². The van der Waals surface area contributed by atoms with E-state index in [-0.39, 0.29) is 18.2 Å². The van der Waals surface area contributed by atoms with Crippen LogP contribution in [0.15, 0.2) is 12.5 Å². The molecule has 0 aliphatic carbocycles. The van der Waals surface area contributed by atoms with Crippen molar-refractivity contribution in [3.63, 3.8) is 0 Å². The summed E-state index contributed by atoms with van der Waals surface area (Å²) in [6.07, 6.45) is 2.88. The Labute approximate surface area is 80.1 Å². The van der Waals surface area contributed by atoms with Gasteiger partial charge in [0.15, 0.2) is 0 Å². The number of aromatic nitrogens is 2. The van der Waals surface area contributed by atoms with Gasteiger partial charge in [0.2, 0.25) is 11.7 Å². The second-order valence-corrected chi connectivity index (χ2v) is 3.08. The molecule has 0 saturated carbocycles. The smallest absolute Gasteiger partial charge is 0.234 e. The molecule has 2 heterocycles. The SMILES string of the molecule is O=C1CNCC(C(=O)c2cnc[nH]2)N1. The van der Waals surface area contributed by atoms with Crippen molar-refractivity contribution in [3.05, 3.63) is 18.2 Å². The minimum Gasteiger partial charge on any atom is -0.343 e. The molecule has 3 N–H and O–H groups in total. The maximum absolute atomic E-state index is 11.7. The van der Waals surface area contributed by atoms with E-state index in [1.54, 1.807) is 0 Å². The van der Waals surface area contributed by atoms with Crippen molar-refractivity contribution in [3.8, 4) is 0 Å². The predicted octanol–water partition coefficient (Wildman–Crippen LogP) is -1.32. The molecule has 0 aromatic carbocycles. The summed E-state index contributed by atoms with van der Waals surface area (Å²) < 4.78 is 0. The van der Waals surface area contributed by atoms with Gasteiger partial charge in [0.05, 0.1) is 19.1 Å². The molecule has 0 bridgehead atoms. The van der Waals surface area contributed by atoms with E-state index in [1.807, 2.05) is 0 Å². The third-order valence-corrected chi connectivity index (χ3v) is 2.05. The number of hydrogen-bond acceptors (Lipinski definition) is 4. The average molecular weight is 194 g/mol. The molecular formula is C8H10N4O2. The van der Waals surface area contributed by atoms with E-state index in [0.29, 0.717) is 12.2 Å². The van der Waals surface area contributed by atoms with E-state index in [4.69, 9.17) is 0 Å². The van der Waals surface area contributed by atoms with Crippen LogP contribution < -0.4 is 10.6 Å². The van der Waals surface area contributed by atoms with E-state index in [2.05, 4.69) is 20.6 Å². The number of carbonyl (C=O) groups excluding carboxylic acids is 2. The lowest BCUT2D eigenvalue weighted by molar-refractivity contribution is -0.121. The molecule has 74 valence electrons. The van der Waals surface area contributed by atoms with Crippen LogP contribution >= 0.6 is 0 Å². The van der Waals surface area contributed by atoms with Crippen LogP contribution in [0.1, 0.15) is 10.5 Å². The molecule has 1 aromatic rings. The first-order chi connectivity index (χ1) is 6.77. The topological polar surface area (TPSA) is 86.9 Å². The molecule has 0 radical (unpaired) electrons. The Balaban J connectivity index is 2.08. The van der Waals surface area contributed by atoms with Crippen LogP contribution in [0.25, 0.3) is 0 Å². The van der Waals surface area contributed by atoms with E-state index < -0.39 is 6.04 Å². The zero-order valence-corrected chi connectivity index (χ0v) is 7.41. The van der Waals surface area contributed by atoms with Crippen LogP contribution in [0.2, 0.25) is 0 Å². The summed E-state index contributed by atoms with van der Waals surface area (Å²) in [6.45, 7) is 0.732. The Kier molecular flexibility index (Phi) is 2.28. The molecule has 6 nitrogen and oxygen atoms in total. The van der Waals surface area contributed by atoms with Gasteiger partial charge in [-0.05, 0) is 0 Å². The van der Waals surface area contributed by atoms with Crippen LogP contribution in [0, 0.1) is 0 Å². The highest BCUT2D eigenvalue weighted by Crippen LogP contribution is 2.00. The Morgan fingerprint density at radius 2 is 2.43 bits per heavy atom. The third kappa shape index (κ3) is 1.64. The van der Waals surface area contributed by atoms with Gasteiger partial charge in [-0.2, -0.15) is 0 Å².